The van der Waals surface area contributed by atoms with Gasteiger partial charge in [-0.1, -0.05) is 61.4 Å². The normalized spacial score (nSPS) is 14.2. The van der Waals surface area contributed by atoms with Gasteiger partial charge in [-0.15, -0.1) is 0 Å². The molecule has 1 N–H and O–H groups in total. The van der Waals surface area contributed by atoms with Crippen molar-refractivity contribution in [3.05, 3.63) is 95.1 Å². The summed E-state index contributed by atoms with van der Waals surface area (Å²) in [6, 6.07) is 23.5. The SMILES string of the molecule is CN(C)c1cccc(COCCOCCCCCCN(C[C@@H](O)c2ccc3c(c2)COC(C)(C)O3)C(=O)OCc2ccccc2)c1. The summed E-state index contributed by atoms with van der Waals surface area (Å²) in [5.41, 5.74) is 4.79. The molecule has 4 rings (SSSR count). The van der Waals surface area contributed by atoms with Gasteiger partial charge in [0.05, 0.1) is 39.1 Å². The maximum Gasteiger partial charge on any atom is 0.410 e. The average molecular weight is 635 g/mol. The van der Waals surface area contributed by atoms with Gasteiger partial charge in [-0.2, -0.15) is 0 Å². The molecule has 1 aliphatic heterocycles. The van der Waals surface area contributed by atoms with E-state index in [0.717, 1.165) is 53.8 Å². The minimum atomic E-state index is -0.878. The number of hydrogen-bond acceptors (Lipinski definition) is 8. The van der Waals surface area contributed by atoms with E-state index >= 15 is 0 Å². The molecule has 0 aliphatic carbocycles. The lowest BCUT2D eigenvalue weighted by atomic mass is 10.0. The Balaban J connectivity index is 1.17. The zero-order valence-electron chi connectivity index (χ0n) is 27.8. The van der Waals surface area contributed by atoms with Crippen LogP contribution in [0.1, 0.15) is 67.9 Å². The lowest BCUT2D eigenvalue weighted by molar-refractivity contribution is -0.180. The summed E-state index contributed by atoms with van der Waals surface area (Å²) >= 11 is 0. The molecule has 0 fully saturated rings. The molecule has 1 heterocycles. The van der Waals surface area contributed by atoms with E-state index in [1.807, 2.05) is 82.5 Å². The minimum absolute atomic E-state index is 0.127. The molecule has 0 saturated heterocycles. The summed E-state index contributed by atoms with van der Waals surface area (Å²) in [5.74, 6) is 0.0561. The van der Waals surface area contributed by atoms with Crippen LogP contribution in [-0.2, 0) is 38.8 Å². The van der Waals surface area contributed by atoms with Gasteiger partial charge in [-0.05, 0) is 53.8 Å². The topological polar surface area (TPSA) is 89.9 Å². The molecule has 1 amide bonds. The lowest BCUT2D eigenvalue weighted by Gasteiger charge is -2.33. The number of hydrogen-bond donors (Lipinski definition) is 1. The minimum Gasteiger partial charge on any atom is -0.463 e. The molecule has 0 unspecified atom stereocenters. The number of unbranched alkanes of at least 4 members (excludes halogenated alkanes) is 3. The van der Waals surface area contributed by atoms with Crippen LogP contribution in [0.3, 0.4) is 0 Å². The maximum absolute atomic E-state index is 13.1. The van der Waals surface area contributed by atoms with Gasteiger partial charge in [-0.3, -0.25) is 0 Å². The van der Waals surface area contributed by atoms with Crippen LogP contribution in [0, 0.1) is 0 Å². The number of rotatable bonds is 18. The third kappa shape index (κ3) is 11.6. The number of fused-ring (bicyclic) bond motifs is 1. The molecule has 0 radical (unpaired) electrons. The molecular weight excluding hydrogens is 584 g/mol. The smallest absolute Gasteiger partial charge is 0.410 e. The van der Waals surface area contributed by atoms with Crippen LogP contribution in [-0.4, -0.2) is 68.9 Å². The van der Waals surface area contributed by atoms with E-state index in [9.17, 15) is 9.90 Å². The highest BCUT2D eigenvalue weighted by Crippen LogP contribution is 2.33. The Morgan fingerprint density at radius 1 is 0.870 bits per heavy atom. The van der Waals surface area contributed by atoms with Crippen LogP contribution in [0.25, 0.3) is 0 Å². The summed E-state index contributed by atoms with van der Waals surface area (Å²) in [5, 5.41) is 11.1. The van der Waals surface area contributed by atoms with Crippen LogP contribution < -0.4 is 9.64 Å². The van der Waals surface area contributed by atoms with Crippen molar-refractivity contribution in [2.45, 2.75) is 71.2 Å². The zero-order chi connectivity index (χ0) is 32.8. The van der Waals surface area contributed by atoms with E-state index in [1.165, 1.54) is 0 Å². The maximum atomic E-state index is 13.1. The molecular formula is C37H50N2O7. The number of aliphatic hydroxyl groups is 1. The van der Waals surface area contributed by atoms with Crippen molar-refractivity contribution in [3.63, 3.8) is 0 Å². The fourth-order valence-electron chi connectivity index (χ4n) is 5.14. The summed E-state index contributed by atoms with van der Waals surface area (Å²) in [7, 11) is 4.05. The molecule has 46 heavy (non-hydrogen) atoms. The Morgan fingerprint density at radius 3 is 2.43 bits per heavy atom. The molecule has 3 aromatic rings. The molecule has 3 aromatic carbocycles. The van der Waals surface area contributed by atoms with Crippen LogP contribution >= 0.6 is 0 Å². The van der Waals surface area contributed by atoms with E-state index in [2.05, 4.69) is 23.1 Å². The van der Waals surface area contributed by atoms with Gasteiger partial charge in [0.1, 0.15) is 12.4 Å². The second kappa shape index (κ2) is 17.9. The molecule has 9 heteroatoms. The van der Waals surface area contributed by atoms with Crippen molar-refractivity contribution in [1.82, 2.24) is 4.90 Å². The van der Waals surface area contributed by atoms with E-state index in [1.54, 1.807) is 4.90 Å². The monoisotopic (exact) mass is 634 g/mol. The molecule has 9 nitrogen and oxygen atoms in total. The number of nitrogens with zero attached hydrogens (tertiary/aromatic N) is 2. The van der Waals surface area contributed by atoms with Crippen LogP contribution in [0.15, 0.2) is 72.8 Å². The third-order valence-electron chi connectivity index (χ3n) is 7.79. The number of carbonyl (C=O) groups is 1. The Labute approximate surface area is 274 Å². The Hall–Kier alpha value is -3.63. The van der Waals surface area contributed by atoms with Crippen LogP contribution in [0.4, 0.5) is 10.5 Å². The van der Waals surface area contributed by atoms with Crippen molar-refractivity contribution in [2.75, 3.05) is 51.9 Å². The fourth-order valence-corrected chi connectivity index (χ4v) is 5.14. The largest absolute Gasteiger partial charge is 0.463 e. The van der Waals surface area contributed by atoms with Crippen molar-refractivity contribution < 1.29 is 33.6 Å². The first-order chi connectivity index (χ1) is 22.2. The third-order valence-corrected chi connectivity index (χ3v) is 7.79. The summed E-state index contributed by atoms with van der Waals surface area (Å²) in [4.78, 5) is 16.8. The number of anilines is 1. The first kappa shape index (κ1) is 35.2. The fraction of sp³-hybridized carbons (Fsp3) is 0.486. The van der Waals surface area contributed by atoms with Crippen molar-refractivity contribution in [1.29, 1.82) is 0 Å². The number of amides is 1. The van der Waals surface area contributed by atoms with Gasteiger partial charge in [0, 0.05) is 52.3 Å². The Morgan fingerprint density at radius 2 is 1.63 bits per heavy atom. The first-order valence-corrected chi connectivity index (χ1v) is 16.2. The quantitative estimate of drug-likeness (QED) is 0.152. The summed E-state index contributed by atoms with van der Waals surface area (Å²) in [6.45, 7) is 7.28. The molecule has 0 spiro atoms. The predicted molar refractivity (Wildman–Crippen MR) is 179 cm³/mol. The molecule has 0 bridgehead atoms. The van der Waals surface area contributed by atoms with E-state index in [-0.39, 0.29) is 13.2 Å². The summed E-state index contributed by atoms with van der Waals surface area (Å²) in [6.07, 6.45) is 2.33. The van der Waals surface area contributed by atoms with Gasteiger partial charge >= 0.3 is 6.09 Å². The number of aliphatic hydroxyl groups excluding tert-OH is 1. The second-order valence-electron chi connectivity index (χ2n) is 12.3. The van der Waals surface area contributed by atoms with Crippen LogP contribution in [0.2, 0.25) is 0 Å². The van der Waals surface area contributed by atoms with Crippen molar-refractivity contribution in [3.8, 4) is 5.75 Å². The highest BCUT2D eigenvalue weighted by atomic mass is 16.7. The average Bonchev–Trinajstić information content (AvgIpc) is 3.05. The lowest BCUT2D eigenvalue weighted by Crippen LogP contribution is -2.36. The standard InChI is InChI=1S/C37H50N2O7/c1-37(2)45-28-32-24-31(17-18-35(32)46-37)34(40)25-39(36(41)44-27-29-13-8-7-9-14-29)19-10-5-6-11-20-42-21-22-43-26-30-15-12-16-33(23-30)38(3)4/h7-9,12-18,23-24,34,40H,5-6,10-11,19-22,25-28H2,1-4H3/t34-/m1/s1. The number of carbonyl (C=O) groups excluding carboxylic acids is 1. The molecule has 1 aliphatic rings. The summed E-state index contributed by atoms with van der Waals surface area (Å²) < 4.78 is 28.8. The van der Waals surface area contributed by atoms with E-state index in [0.29, 0.717) is 45.1 Å². The zero-order valence-corrected chi connectivity index (χ0v) is 27.8. The Kier molecular flexibility index (Phi) is 13.7. The molecule has 1 atom stereocenters. The van der Waals surface area contributed by atoms with Gasteiger partial charge < -0.3 is 38.6 Å². The predicted octanol–water partition coefficient (Wildman–Crippen LogP) is 6.86. The van der Waals surface area contributed by atoms with E-state index in [4.69, 9.17) is 23.7 Å². The molecule has 250 valence electrons. The molecule has 0 aromatic heterocycles. The van der Waals surface area contributed by atoms with Gasteiger partial charge in [0.25, 0.3) is 0 Å². The Bertz CT molecular complexity index is 1350. The van der Waals surface area contributed by atoms with Gasteiger partial charge in [0.2, 0.25) is 5.79 Å². The first-order valence-electron chi connectivity index (χ1n) is 16.2. The molecule has 0 saturated carbocycles. The van der Waals surface area contributed by atoms with Crippen molar-refractivity contribution >= 4 is 11.8 Å². The van der Waals surface area contributed by atoms with E-state index < -0.39 is 18.0 Å². The van der Waals surface area contributed by atoms with Crippen molar-refractivity contribution in [2.24, 2.45) is 0 Å². The number of benzene rings is 3. The number of ether oxygens (including phenoxy) is 5. The van der Waals surface area contributed by atoms with Gasteiger partial charge in [-0.25, -0.2) is 4.79 Å². The second-order valence-corrected chi connectivity index (χ2v) is 12.3. The van der Waals surface area contributed by atoms with Gasteiger partial charge in [0.15, 0.2) is 0 Å². The van der Waals surface area contributed by atoms with Crippen LogP contribution in [0.5, 0.6) is 5.75 Å². The highest BCUT2D eigenvalue weighted by molar-refractivity contribution is 5.67. The highest BCUT2D eigenvalue weighted by Gasteiger charge is 2.28.